The minimum Gasteiger partial charge on any atom is -0.339 e. The standard InChI is InChI=1S/C25H39N3O/c1-2-26-21-28(23-15-11-8-12-16-23)25(24(26)29)17-19-27(20-18-25)22-13-9-6-4-3-5-7-10-14-22/h8,11-12,15-16,22H,2-7,9-10,13-14,17-21H2,1H3. The van der Waals surface area contributed by atoms with E-state index in [0.717, 1.165) is 45.2 Å². The van der Waals surface area contributed by atoms with E-state index in [4.69, 9.17) is 0 Å². The number of hydrogen-bond acceptors (Lipinski definition) is 3. The molecule has 0 N–H and O–H groups in total. The van der Waals surface area contributed by atoms with Gasteiger partial charge in [-0.05, 0) is 44.7 Å². The maximum atomic E-state index is 13.4. The number of anilines is 1. The highest BCUT2D eigenvalue weighted by Gasteiger charge is 2.53. The number of nitrogens with zero attached hydrogens (tertiary/aromatic N) is 3. The second-order valence-corrected chi connectivity index (χ2v) is 9.34. The maximum absolute atomic E-state index is 13.4. The molecule has 2 heterocycles. The van der Waals surface area contributed by atoms with Crippen LogP contribution in [-0.2, 0) is 4.79 Å². The molecule has 2 saturated heterocycles. The van der Waals surface area contributed by atoms with Gasteiger partial charge in [0.15, 0.2) is 0 Å². The number of likely N-dealkylation sites (N-methyl/N-ethyl adjacent to an activating group) is 1. The zero-order valence-electron chi connectivity index (χ0n) is 18.3. The third-order valence-corrected chi connectivity index (χ3v) is 7.68. The van der Waals surface area contributed by atoms with Crippen LogP contribution < -0.4 is 4.90 Å². The molecule has 29 heavy (non-hydrogen) atoms. The fourth-order valence-electron chi connectivity index (χ4n) is 5.86. The Morgan fingerprint density at radius 1 is 0.897 bits per heavy atom. The van der Waals surface area contributed by atoms with Gasteiger partial charge in [0, 0.05) is 31.4 Å². The van der Waals surface area contributed by atoms with Crippen molar-refractivity contribution in [3.05, 3.63) is 30.3 Å². The molecule has 1 aliphatic carbocycles. The van der Waals surface area contributed by atoms with Crippen molar-refractivity contribution in [2.75, 3.05) is 31.2 Å². The number of benzene rings is 1. The van der Waals surface area contributed by atoms with Crippen LogP contribution in [0.2, 0.25) is 0 Å². The molecule has 0 radical (unpaired) electrons. The summed E-state index contributed by atoms with van der Waals surface area (Å²) in [7, 11) is 0. The van der Waals surface area contributed by atoms with Gasteiger partial charge in [-0.2, -0.15) is 0 Å². The molecule has 4 heteroatoms. The molecule has 0 atom stereocenters. The van der Waals surface area contributed by atoms with Crippen molar-refractivity contribution in [2.45, 2.75) is 89.1 Å². The molecule has 0 aromatic heterocycles. The van der Waals surface area contributed by atoms with E-state index in [-0.39, 0.29) is 5.54 Å². The highest BCUT2D eigenvalue weighted by molar-refractivity contribution is 5.93. The van der Waals surface area contributed by atoms with Crippen LogP contribution in [0.3, 0.4) is 0 Å². The van der Waals surface area contributed by atoms with Crippen molar-refractivity contribution in [3.63, 3.8) is 0 Å². The first-order chi connectivity index (χ1) is 14.2. The number of carbonyl (C=O) groups is 1. The van der Waals surface area contributed by atoms with Gasteiger partial charge in [0.2, 0.25) is 5.91 Å². The zero-order chi connectivity index (χ0) is 20.1. The molecule has 4 nitrogen and oxygen atoms in total. The van der Waals surface area contributed by atoms with E-state index in [1.807, 2.05) is 4.90 Å². The Bertz CT molecular complexity index is 643. The van der Waals surface area contributed by atoms with E-state index in [2.05, 4.69) is 47.1 Å². The summed E-state index contributed by atoms with van der Waals surface area (Å²) in [6.07, 6.45) is 14.5. The largest absolute Gasteiger partial charge is 0.339 e. The van der Waals surface area contributed by atoms with E-state index in [1.165, 1.54) is 63.5 Å². The minimum atomic E-state index is -0.330. The summed E-state index contributed by atoms with van der Waals surface area (Å²) < 4.78 is 0. The first-order valence-corrected chi connectivity index (χ1v) is 12.1. The molecule has 2 aliphatic heterocycles. The van der Waals surface area contributed by atoms with Crippen LogP contribution in [0.4, 0.5) is 5.69 Å². The monoisotopic (exact) mass is 397 g/mol. The quantitative estimate of drug-likeness (QED) is 0.715. The highest BCUT2D eigenvalue weighted by atomic mass is 16.2. The van der Waals surface area contributed by atoms with E-state index >= 15 is 0 Å². The van der Waals surface area contributed by atoms with Crippen LogP contribution >= 0.6 is 0 Å². The molecule has 1 spiro atoms. The van der Waals surface area contributed by atoms with E-state index in [1.54, 1.807) is 0 Å². The molecule has 1 aromatic rings. The Kier molecular flexibility index (Phi) is 6.79. The van der Waals surface area contributed by atoms with Crippen molar-refractivity contribution in [1.29, 1.82) is 0 Å². The predicted molar refractivity (Wildman–Crippen MR) is 120 cm³/mol. The summed E-state index contributed by atoms with van der Waals surface area (Å²) in [5.41, 5.74) is 0.869. The second kappa shape index (κ2) is 9.51. The Balaban J connectivity index is 1.47. The number of amides is 1. The first-order valence-electron chi connectivity index (χ1n) is 12.1. The fraction of sp³-hybridized carbons (Fsp3) is 0.720. The Labute approximate surface area is 177 Å². The summed E-state index contributed by atoms with van der Waals surface area (Å²) in [5.74, 6) is 0.356. The number of carbonyl (C=O) groups excluding carboxylic acids is 1. The fourth-order valence-corrected chi connectivity index (χ4v) is 5.86. The van der Waals surface area contributed by atoms with Crippen LogP contribution in [-0.4, -0.2) is 53.6 Å². The van der Waals surface area contributed by atoms with Crippen LogP contribution in [0.15, 0.2) is 30.3 Å². The molecule has 1 amide bonds. The average molecular weight is 398 g/mol. The third kappa shape index (κ3) is 4.33. The van der Waals surface area contributed by atoms with Crippen molar-refractivity contribution in [2.24, 2.45) is 0 Å². The summed E-state index contributed by atoms with van der Waals surface area (Å²) in [6.45, 7) is 5.78. The molecule has 3 aliphatic rings. The summed E-state index contributed by atoms with van der Waals surface area (Å²) >= 11 is 0. The van der Waals surface area contributed by atoms with Gasteiger partial charge in [-0.1, -0.05) is 63.1 Å². The van der Waals surface area contributed by atoms with Gasteiger partial charge in [-0.3, -0.25) is 4.79 Å². The topological polar surface area (TPSA) is 26.8 Å². The zero-order valence-corrected chi connectivity index (χ0v) is 18.3. The lowest BCUT2D eigenvalue weighted by Crippen LogP contribution is -2.58. The van der Waals surface area contributed by atoms with Gasteiger partial charge in [0.05, 0.1) is 6.67 Å². The van der Waals surface area contributed by atoms with Crippen molar-refractivity contribution < 1.29 is 4.79 Å². The van der Waals surface area contributed by atoms with Crippen molar-refractivity contribution >= 4 is 11.6 Å². The molecule has 1 saturated carbocycles. The maximum Gasteiger partial charge on any atom is 0.250 e. The Hall–Kier alpha value is -1.55. The van der Waals surface area contributed by atoms with Gasteiger partial charge in [0.25, 0.3) is 0 Å². The smallest absolute Gasteiger partial charge is 0.250 e. The summed E-state index contributed by atoms with van der Waals surface area (Å²) in [5, 5.41) is 0. The molecule has 1 aromatic carbocycles. The van der Waals surface area contributed by atoms with Crippen LogP contribution in [0.1, 0.15) is 77.6 Å². The number of likely N-dealkylation sites (tertiary alicyclic amines) is 1. The van der Waals surface area contributed by atoms with Gasteiger partial charge < -0.3 is 14.7 Å². The van der Waals surface area contributed by atoms with Gasteiger partial charge >= 0.3 is 0 Å². The lowest BCUT2D eigenvalue weighted by atomic mass is 9.84. The van der Waals surface area contributed by atoms with E-state index in [9.17, 15) is 4.79 Å². The predicted octanol–water partition coefficient (Wildman–Crippen LogP) is 5.04. The van der Waals surface area contributed by atoms with Crippen molar-refractivity contribution in [1.82, 2.24) is 9.80 Å². The van der Waals surface area contributed by atoms with Crippen molar-refractivity contribution in [3.8, 4) is 0 Å². The van der Waals surface area contributed by atoms with E-state index in [0.29, 0.717) is 5.91 Å². The molecule has 0 unspecified atom stereocenters. The lowest BCUT2D eigenvalue weighted by molar-refractivity contribution is -0.133. The molecule has 160 valence electrons. The highest BCUT2D eigenvalue weighted by Crippen LogP contribution is 2.40. The molecular weight excluding hydrogens is 358 g/mol. The molecular formula is C25H39N3O. The molecule has 4 rings (SSSR count). The van der Waals surface area contributed by atoms with Gasteiger partial charge in [0.1, 0.15) is 5.54 Å². The first kappa shape index (κ1) is 20.7. The van der Waals surface area contributed by atoms with Crippen LogP contribution in [0, 0.1) is 0 Å². The second-order valence-electron chi connectivity index (χ2n) is 9.34. The van der Waals surface area contributed by atoms with Gasteiger partial charge in [-0.15, -0.1) is 0 Å². The Morgan fingerprint density at radius 3 is 2.07 bits per heavy atom. The van der Waals surface area contributed by atoms with Gasteiger partial charge in [-0.25, -0.2) is 0 Å². The van der Waals surface area contributed by atoms with Crippen LogP contribution in [0.5, 0.6) is 0 Å². The SMILES string of the molecule is CCN1CN(c2ccccc2)C2(CCN(C3CCCCCCCCC3)CC2)C1=O. The van der Waals surface area contributed by atoms with Crippen LogP contribution in [0.25, 0.3) is 0 Å². The number of rotatable bonds is 3. The normalized spacial score (nSPS) is 24.9. The average Bonchev–Trinajstić information content (AvgIpc) is 3.04. The summed E-state index contributed by atoms with van der Waals surface area (Å²) in [4.78, 5) is 20.6. The molecule has 3 fully saturated rings. The number of hydrogen-bond donors (Lipinski definition) is 0. The van der Waals surface area contributed by atoms with E-state index < -0.39 is 0 Å². The lowest BCUT2D eigenvalue weighted by Gasteiger charge is -2.45. The number of piperidine rings is 1. The minimum absolute atomic E-state index is 0.330. The molecule has 0 bridgehead atoms. The third-order valence-electron chi connectivity index (χ3n) is 7.68. The summed E-state index contributed by atoms with van der Waals surface area (Å²) in [6, 6.07) is 11.3. The number of para-hydroxylation sites is 1. The Morgan fingerprint density at radius 2 is 1.48 bits per heavy atom.